The fourth-order valence-electron chi connectivity index (χ4n) is 4.86. The molecule has 0 bridgehead atoms. The van der Waals surface area contributed by atoms with Gasteiger partial charge in [-0.2, -0.15) is 0 Å². The Morgan fingerprint density at radius 2 is 1.04 bits per heavy atom. The van der Waals surface area contributed by atoms with Crippen molar-refractivity contribution >= 4 is 13.8 Å². The SMILES string of the molecule is CC/C=C\C/C=C\C/C=C\C/C=C\CCCOCC(COP(=O)([O-])OCC[N+](C)(C)C)OC(=O)CCCCCCCCC/C=C\C/C=C\C/C=C\CC. The van der Waals surface area contributed by atoms with Gasteiger partial charge in [-0.1, -0.05) is 131 Å². The van der Waals surface area contributed by atoms with Crippen molar-refractivity contribution in [1.29, 1.82) is 0 Å². The molecule has 0 aliphatic carbocycles. The van der Waals surface area contributed by atoms with Crippen molar-refractivity contribution in [1.82, 2.24) is 0 Å². The first kappa shape index (κ1) is 50.7. The third kappa shape index (κ3) is 40.7. The van der Waals surface area contributed by atoms with Gasteiger partial charge in [0, 0.05) is 13.0 Å². The lowest BCUT2D eigenvalue weighted by molar-refractivity contribution is -0.870. The van der Waals surface area contributed by atoms with E-state index < -0.39 is 13.9 Å². The highest BCUT2D eigenvalue weighted by atomic mass is 31.2. The van der Waals surface area contributed by atoms with Crippen LogP contribution in [0.2, 0.25) is 0 Å². The lowest BCUT2D eigenvalue weighted by Gasteiger charge is -2.28. The van der Waals surface area contributed by atoms with Gasteiger partial charge >= 0.3 is 5.97 Å². The molecule has 9 heteroatoms. The lowest BCUT2D eigenvalue weighted by atomic mass is 10.1. The molecular weight excluding hydrogens is 685 g/mol. The summed E-state index contributed by atoms with van der Waals surface area (Å²) in [5.41, 5.74) is 0. The van der Waals surface area contributed by atoms with Gasteiger partial charge in [0.2, 0.25) is 0 Å². The number of esters is 1. The average molecular weight is 762 g/mol. The zero-order valence-corrected chi connectivity index (χ0v) is 35.1. The monoisotopic (exact) mass is 762 g/mol. The second-order valence-corrected chi connectivity index (χ2v) is 15.6. The molecule has 0 saturated carbocycles. The van der Waals surface area contributed by atoms with Gasteiger partial charge in [0.15, 0.2) is 0 Å². The summed E-state index contributed by atoms with van der Waals surface area (Å²) in [6, 6.07) is 0. The van der Waals surface area contributed by atoms with Crippen LogP contribution in [0.3, 0.4) is 0 Å². The second kappa shape index (κ2) is 36.6. The van der Waals surface area contributed by atoms with Gasteiger partial charge in [-0.3, -0.25) is 9.36 Å². The van der Waals surface area contributed by atoms with Crippen LogP contribution >= 0.6 is 7.82 Å². The third-order valence-electron chi connectivity index (χ3n) is 7.94. The molecule has 0 aromatic heterocycles. The van der Waals surface area contributed by atoms with E-state index in [2.05, 4.69) is 98.9 Å². The Kier molecular flexibility index (Phi) is 35.0. The minimum absolute atomic E-state index is 0.00895. The number of allylic oxidation sites excluding steroid dienone is 14. The summed E-state index contributed by atoms with van der Waals surface area (Å²) in [4.78, 5) is 25.0. The molecule has 8 nitrogen and oxygen atoms in total. The molecule has 304 valence electrons. The van der Waals surface area contributed by atoms with Crippen LogP contribution in [0, 0.1) is 0 Å². The van der Waals surface area contributed by atoms with Crippen molar-refractivity contribution in [3.8, 4) is 0 Å². The normalized spacial score (nSPS) is 14.8. The van der Waals surface area contributed by atoms with Gasteiger partial charge in [0.1, 0.15) is 19.3 Å². The van der Waals surface area contributed by atoms with Gasteiger partial charge in [0.25, 0.3) is 7.82 Å². The largest absolute Gasteiger partial charge is 0.756 e. The molecule has 0 spiro atoms. The van der Waals surface area contributed by atoms with Crippen molar-refractivity contribution in [2.75, 3.05) is 54.1 Å². The molecule has 0 rings (SSSR count). The molecule has 0 aliphatic rings. The molecule has 0 aliphatic heterocycles. The average Bonchev–Trinajstić information content (AvgIpc) is 3.11. The Morgan fingerprint density at radius 1 is 0.585 bits per heavy atom. The molecule has 53 heavy (non-hydrogen) atoms. The molecule has 2 atom stereocenters. The molecule has 2 unspecified atom stereocenters. The maximum absolute atomic E-state index is 12.6. The Balaban J connectivity index is 4.39. The van der Waals surface area contributed by atoms with Crippen LogP contribution in [-0.4, -0.2) is 70.7 Å². The number of hydrogen-bond acceptors (Lipinski definition) is 7. The number of carbonyl (C=O) groups is 1. The van der Waals surface area contributed by atoms with Gasteiger partial charge < -0.3 is 27.9 Å². The first-order chi connectivity index (χ1) is 25.6. The quantitative estimate of drug-likeness (QED) is 0.0206. The summed E-state index contributed by atoms with van der Waals surface area (Å²) >= 11 is 0. The molecule has 0 aromatic rings. The van der Waals surface area contributed by atoms with Crippen molar-refractivity contribution in [3.05, 3.63) is 85.1 Å². The van der Waals surface area contributed by atoms with Gasteiger partial charge in [0.05, 0.1) is 34.4 Å². The summed E-state index contributed by atoms with van der Waals surface area (Å²) in [6.45, 7) is 4.98. The lowest BCUT2D eigenvalue weighted by Crippen LogP contribution is -2.37. The van der Waals surface area contributed by atoms with Crippen LogP contribution in [0.15, 0.2) is 85.1 Å². The number of phosphoric acid groups is 1. The maximum atomic E-state index is 12.6. The van der Waals surface area contributed by atoms with Crippen LogP contribution in [0.1, 0.15) is 129 Å². The summed E-state index contributed by atoms with van der Waals surface area (Å²) in [7, 11) is 1.30. The van der Waals surface area contributed by atoms with E-state index in [4.69, 9.17) is 18.5 Å². The molecule has 0 saturated heterocycles. The third-order valence-corrected chi connectivity index (χ3v) is 8.91. The molecule has 0 aromatic carbocycles. The topological polar surface area (TPSA) is 94.1 Å². The predicted octanol–water partition coefficient (Wildman–Crippen LogP) is 11.1. The van der Waals surface area contributed by atoms with Crippen LogP contribution in [0.5, 0.6) is 0 Å². The number of likely N-dealkylation sites (N-methyl/N-ethyl adjacent to an activating group) is 1. The number of carbonyl (C=O) groups excluding carboxylic acids is 1. The van der Waals surface area contributed by atoms with Crippen molar-refractivity contribution in [2.45, 2.75) is 136 Å². The highest BCUT2D eigenvalue weighted by molar-refractivity contribution is 7.45. The molecular formula is C44H76NO7P. The highest BCUT2D eigenvalue weighted by Gasteiger charge is 2.20. The van der Waals surface area contributed by atoms with Gasteiger partial charge in [-0.05, 0) is 77.0 Å². The van der Waals surface area contributed by atoms with E-state index in [9.17, 15) is 14.3 Å². The zero-order valence-electron chi connectivity index (χ0n) is 34.2. The van der Waals surface area contributed by atoms with Gasteiger partial charge in [-0.25, -0.2) is 0 Å². The second-order valence-electron chi connectivity index (χ2n) is 14.2. The van der Waals surface area contributed by atoms with E-state index in [0.717, 1.165) is 89.9 Å². The number of ether oxygens (including phenoxy) is 2. The standard InChI is InChI=1S/C44H76NO7P/c1-6-8-10-12-14-16-18-20-22-23-24-25-27-29-31-33-35-37-44(46)52-43(42-51-53(47,48)50-40-38-45(3,4)5)41-49-39-36-34-32-30-28-26-21-19-17-15-13-11-9-7-2/h8-11,14-17,20-22,26,30,32,43H,6-7,12-13,18-19,23-25,27-29,31,33-42H2,1-5H3/b10-8-,11-9-,16-14-,17-15-,22-20-,26-21-,32-30-. The van der Waals surface area contributed by atoms with E-state index >= 15 is 0 Å². The summed E-state index contributed by atoms with van der Waals surface area (Å²) in [5, 5.41) is 0. The Hall–Kier alpha value is -2.32. The number of quaternary nitrogens is 1. The first-order valence-corrected chi connectivity index (χ1v) is 21.8. The number of unbranched alkanes of at least 4 members (excludes halogenated alkanes) is 8. The number of nitrogens with zero attached hydrogens (tertiary/aromatic N) is 1. The van der Waals surface area contributed by atoms with Crippen molar-refractivity contribution in [3.63, 3.8) is 0 Å². The number of phosphoric ester groups is 1. The fraction of sp³-hybridized carbons (Fsp3) is 0.659. The zero-order chi connectivity index (χ0) is 39.1. The van der Waals surface area contributed by atoms with Crippen LogP contribution in [0.25, 0.3) is 0 Å². The summed E-state index contributed by atoms with van der Waals surface area (Å²) < 4.78 is 34.4. The Bertz CT molecular complexity index is 1120. The van der Waals surface area contributed by atoms with E-state index in [1.54, 1.807) is 0 Å². The predicted molar refractivity (Wildman–Crippen MR) is 222 cm³/mol. The van der Waals surface area contributed by atoms with E-state index in [1.165, 1.54) is 19.3 Å². The Labute approximate surface area is 325 Å². The van der Waals surface area contributed by atoms with Crippen molar-refractivity contribution < 1.29 is 37.3 Å². The number of hydrogen-bond donors (Lipinski definition) is 0. The maximum Gasteiger partial charge on any atom is 0.306 e. The molecule has 0 amide bonds. The molecule has 0 heterocycles. The molecule has 0 radical (unpaired) electrons. The minimum Gasteiger partial charge on any atom is -0.756 e. The highest BCUT2D eigenvalue weighted by Crippen LogP contribution is 2.38. The van der Waals surface area contributed by atoms with Crippen LogP contribution < -0.4 is 4.89 Å². The van der Waals surface area contributed by atoms with E-state index in [-0.39, 0.29) is 32.2 Å². The first-order valence-electron chi connectivity index (χ1n) is 20.3. The van der Waals surface area contributed by atoms with E-state index in [1.807, 2.05) is 21.1 Å². The molecule has 0 fully saturated rings. The van der Waals surface area contributed by atoms with Crippen molar-refractivity contribution in [2.24, 2.45) is 0 Å². The van der Waals surface area contributed by atoms with E-state index in [0.29, 0.717) is 17.6 Å². The molecule has 0 N–H and O–H groups in total. The minimum atomic E-state index is -4.54. The number of rotatable bonds is 36. The van der Waals surface area contributed by atoms with Crippen LogP contribution in [-0.2, 0) is 27.9 Å². The van der Waals surface area contributed by atoms with Crippen LogP contribution in [0.4, 0.5) is 0 Å². The van der Waals surface area contributed by atoms with Gasteiger partial charge in [-0.15, -0.1) is 0 Å². The summed E-state index contributed by atoms with van der Waals surface area (Å²) in [5.74, 6) is -0.368. The Morgan fingerprint density at radius 3 is 1.55 bits per heavy atom. The fourth-order valence-corrected chi connectivity index (χ4v) is 5.59. The smallest absolute Gasteiger partial charge is 0.306 e. The summed E-state index contributed by atoms with van der Waals surface area (Å²) in [6.07, 6.45) is 47.5.